The number of carbonyl (C=O) groups is 1. The van der Waals surface area contributed by atoms with Crippen molar-refractivity contribution in [2.24, 2.45) is 5.73 Å². The van der Waals surface area contributed by atoms with Crippen LogP contribution in [0, 0.1) is 0 Å². The molecule has 0 aliphatic carbocycles. The Hall–Kier alpha value is -0.910. The normalized spacial score (nSPS) is 14.5. The second-order valence-electron chi connectivity index (χ2n) is 4.70. The molecule has 1 rings (SSSR count). The van der Waals surface area contributed by atoms with E-state index in [0.29, 0.717) is 6.54 Å². The summed E-state index contributed by atoms with van der Waals surface area (Å²) in [6.07, 6.45) is 0. The number of carbonyl (C=O) groups excluding carboxylic acids is 1. The van der Waals surface area contributed by atoms with Crippen molar-refractivity contribution in [3.8, 4) is 0 Å². The van der Waals surface area contributed by atoms with Crippen LogP contribution in [-0.4, -0.2) is 38.0 Å². The first-order chi connectivity index (χ1) is 8.38. The fourth-order valence-electron chi connectivity index (χ4n) is 1.71. The lowest BCUT2D eigenvalue weighted by atomic mass is 9.91. The van der Waals surface area contributed by atoms with Gasteiger partial charge >= 0.3 is 0 Å². The lowest BCUT2D eigenvalue weighted by Gasteiger charge is -2.29. The Balaban J connectivity index is 2.94. The van der Waals surface area contributed by atoms with Gasteiger partial charge in [-0.2, -0.15) is 0 Å². The van der Waals surface area contributed by atoms with Crippen molar-refractivity contribution >= 4 is 21.8 Å². The molecule has 1 aromatic rings. The fourth-order valence-corrected chi connectivity index (χ4v) is 2.39. The summed E-state index contributed by atoms with van der Waals surface area (Å²) in [5.41, 5.74) is 5.55. The van der Waals surface area contributed by atoms with E-state index in [0.717, 1.165) is 16.6 Å². The fraction of sp³-hybridized carbons (Fsp3) is 0.462. The maximum absolute atomic E-state index is 11.8. The van der Waals surface area contributed by atoms with Crippen LogP contribution < -0.4 is 11.1 Å². The van der Waals surface area contributed by atoms with Crippen molar-refractivity contribution in [2.45, 2.75) is 12.5 Å². The van der Waals surface area contributed by atoms with E-state index in [2.05, 4.69) is 26.1 Å². The lowest BCUT2D eigenvalue weighted by Crippen LogP contribution is -2.52. The molecule has 100 valence electrons. The predicted octanol–water partition coefficient (Wildman–Crippen LogP) is 1.30. The van der Waals surface area contributed by atoms with Gasteiger partial charge in [-0.3, -0.25) is 10.1 Å². The number of benzene rings is 1. The quantitative estimate of drug-likeness (QED) is 0.832. The van der Waals surface area contributed by atoms with Crippen LogP contribution in [0.2, 0.25) is 0 Å². The molecule has 0 spiro atoms. The van der Waals surface area contributed by atoms with E-state index < -0.39 is 5.54 Å². The Labute approximate surface area is 117 Å². The molecule has 0 aromatic heterocycles. The van der Waals surface area contributed by atoms with Crippen molar-refractivity contribution in [3.63, 3.8) is 0 Å². The Bertz CT molecular complexity index is 422. The molecule has 0 saturated heterocycles. The maximum Gasteiger partial charge on any atom is 0.242 e. The number of amides is 1. The molecule has 0 bridgehead atoms. The molecule has 0 radical (unpaired) electrons. The van der Waals surface area contributed by atoms with Crippen molar-refractivity contribution in [1.29, 1.82) is 0 Å². The van der Waals surface area contributed by atoms with E-state index in [1.807, 2.05) is 45.3 Å². The second kappa shape index (κ2) is 6.31. The summed E-state index contributed by atoms with van der Waals surface area (Å²) in [4.78, 5) is 13.8. The molecule has 0 aliphatic rings. The minimum absolute atomic E-state index is 0.381. The summed E-state index contributed by atoms with van der Waals surface area (Å²) in [7, 11) is 3.98. The summed E-state index contributed by atoms with van der Waals surface area (Å²) in [6.45, 7) is 3.34. The van der Waals surface area contributed by atoms with Gasteiger partial charge in [0, 0.05) is 17.6 Å². The third-order valence-corrected chi connectivity index (χ3v) is 3.63. The van der Waals surface area contributed by atoms with Crippen LogP contribution in [0.25, 0.3) is 0 Å². The number of likely N-dealkylation sites (N-methyl/N-ethyl adjacent to an activating group) is 1. The molecule has 4 nitrogen and oxygen atoms in total. The summed E-state index contributed by atoms with van der Waals surface area (Å²) in [5, 5.41) is 3.24. The van der Waals surface area contributed by atoms with Crippen molar-refractivity contribution < 1.29 is 4.79 Å². The van der Waals surface area contributed by atoms with Gasteiger partial charge in [0.2, 0.25) is 5.91 Å². The molecule has 1 amide bonds. The highest BCUT2D eigenvalue weighted by Crippen LogP contribution is 2.27. The van der Waals surface area contributed by atoms with Crippen molar-refractivity contribution in [1.82, 2.24) is 10.2 Å². The highest BCUT2D eigenvalue weighted by molar-refractivity contribution is 9.10. The zero-order valence-electron chi connectivity index (χ0n) is 11.0. The first-order valence-corrected chi connectivity index (χ1v) is 6.62. The van der Waals surface area contributed by atoms with Crippen LogP contribution in [0.3, 0.4) is 0 Å². The van der Waals surface area contributed by atoms with Crippen molar-refractivity contribution in [2.75, 3.05) is 27.2 Å². The van der Waals surface area contributed by atoms with Gasteiger partial charge in [0.15, 0.2) is 0 Å². The summed E-state index contributed by atoms with van der Waals surface area (Å²) >= 11 is 3.46. The number of nitrogens with zero attached hydrogens (tertiary/aromatic N) is 1. The van der Waals surface area contributed by atoms with Crippen LogP contribution in [0.4, 0.5) is 0 Å². The molecule has 5 heteroatoms. The first kappa shape index (κ1) is 15.1. The molecular formula is C13H20BrN3O. The van der Waals surface area contributed by atoms with Gasteiger partial charge in [-0.05, 0) is 32.6 Å². The van der Waals surface area contributed by atoms with Crippen LogP contribution >= 0.6 is 15.9 Å². The largest absolute Gasteiger partial charge is 0.368 e. The van der Waals surface area contributed by atoms with Crippen LogP contribution in [0.5, 0.6) is 0 Å². The lowest BCUT2D eigenvalue weighted by molar-refractivity contribution is -0.124. The summed E-state index contributed by atoms with van der Waals surface area (Å²) in [6, 6.07) is 7.62. The highest BCUT2D eigenvalue weighted by atomic mass is 79.9. The van der Waals surface area contributed by atoms with Crippen LogP contribution in [0.15, 0.2) is 28.7 Å². The molecule has 1 unspecified atom stereocenters. The van der Waals surface area contributed by atoms with E-state index in [4.69, 9.17) is 5.73 Å². The number of nitrogens with two attached hydrogens (primary N) is 1. The van der Waals surface area contributed by atoms with E-state index in [1.54, 1.807) is 0 Å². The molecule has 0 aliphatic heterocycles. The Morgan fingerprint density at radius 1 is 1.44 bits per heavy atom. The highest BCUT2D eigenvalue weighted by Gasteiger charge is 2.34. The van der Waals surface area contributed by atoms with Crippen molar-refractivity contribution in [3.05, 3.63) is 34.3 Å². The van der Waals surface area contributed by atoms with E-state index >= 15 is 0 Å². The summed E-state index contributed by atoms with van der Waals surface area (Å²) < 4.78 is 0.878. The number of primary amides is 1. The molecular weight excluding hydrogens is 294 g/mol. The molecule has 0 heterocycles. The standard InChI is InChI=1S/C13H20BrN3O/c1-13(12(15)18,16-8-9-17(2)3)10-6-4-5-7-11(10)14/h4-7,16H,8-9H2,1-3H3,(H2,15,18). The third kappa shape index (κ3) is 3.54. The van der Waals surface area contributed by atoms with E-state index in [1.165, 1.54) is 0 Å². The van der Waals surface area contributed by atoms with Gasteiger partial charge in [-0.15, -0.1) is 0 Å². The Kier molecular flexibility index (Phi) is 5.31. The number of nitrogens with one attached hydrogen (secondary N) is 1. The number of hydrogen-bond donors (Lipinski definition) is 2. The third-order valence-electron chi connectivity index (χ3n) is 2.94. The number of hydrogen-bond acceptors (Lipinski definition) is 3. The topological polar surface area (TPSA) is 58.4 Å². The SMILES string of the molecule is CN(C)CCNC(C)(C(N)=O)c1ccccc1Br. The minimum atomic E-state index is -0.865. The Morgan fingerprint density at radius 2 is 2.06 bits per heavy atom. The monoisotopic (exact) mass is 313 g/mol. The van der Waals surface area contributed by atoms with E-state index in [-0.39, 0.29) is 5.91 Å². The van der Waals surface area contributed by atoms with Gasteiger partial charge in [-0.25, -0.2) is 0 Å². The molecule has 18 heavy (non-hydrogen) atoms. The average molecular weight is 314 g/mol. The molecule has 0 saturated carbocycles. The molecule has 1 aromatic carbocycles. The zero-order chi connectivity index (χ0) is 13.8. The van der Waals surface area contributed by atoms with E-state index in [9.17, 15) is 4.79 Å². The van der Waals surface area contributed by atoms with Gasteiger partial charge in [0.1, 0.15) is 5.54 Å². The number of halogens is 1. The Morgan fingerprint density at radius 3 is 2.56 bits per heavy atom. The minimum Gasteiger partial charge on any atom is -0.368 e. The van der Waals surface area contributed by atoms with Crippen LogP contribution in [0.1, 0.15) is 12.5 Å². The summed E-state index contributed by atoms with van der Waals surface area (Å²) in [5.74, 6) is -0.381. The zero-order valence-corrected chi connectivity index (χ0v) is 12.6. The molecule has 1 atom stereocenters. The van der Waals surface area contributed by atoms with Gasteiger partial charge in [0.25, 0.3) is 0 Å². The molecule has 0 fully saturated rings. The van der Waals surface area contributed by atoms with Gasteiger partial charge < -0.3 is 10.6 Å². The predicted molar refractivity (Wildman–Crippen MR) is 77.2 cm³/mol. The second-order valence-corrected chi connectivity index (χ2v) is 5.55. The average Bonchev–Trinajstić information content (AvgIpc) is 2.28. The molecule has 3 N–H and O–H groups in total. The first-order valence-electron chi connectivity index (χ1n) is 5.82. The van der Waals surface area contributed by atoms with Gasteiger partial charge in [-0.1, -0.05) is 34.1 Å². The maximum atomic E-state index is 11.8. The van der Waals surface area contributed by atoms with Crippen LogP contribution in [-0.2, 0) is 10.3 Å². The number of rotatable bonds is 6. The van der Waals surface area contributed by atoms with Gasteiger partial charge in [0.05, 0.1) is 0 Å². The smallest absolute Gasteiger partial charge is 0.242 e.